The SMILES string of the molecule is CN(Cc1cn[nH]c1)C(=O)c1cc2ccccc2cc1N. The molecular formula is C16H16N4O. The van der Waals surface area contributed by atoms with Crippen LogP contribution in [0.2, 0.25) is 0 Å². The van der Waals surface area contributed by atoms with Gasteiger partial charge in [-0.15, -0.1) is 0 Å². The van der Waals surface area contributed by atoms with Gasteiger partial charge in [-0.3, -0.25) is 9.89 Å². The number of hydrogen-bond acceptors (Lipinski definition) is 3. The van der Waals surface area contributed by atoms with Crippen LogP contribution in [0.4, 0.5) is 5.69 Å². The predicted octanol–water partition coefficient (Wildman–Crippen LogP) is 2.42. The fraction of sp³-hybridized carbons (Fsp3) is 0.125. The number of nitrogens with two attached hydrogens (primary N) is 1. The van der Waals surface area contributed by atoms with Gasteiger partial charge in [0.1, 0.15) is 0 Å². The van der Waals surface area contributed by atoms with E-state index in [1.807, 2.05) is 36.4 Å². The first-order valence-electron chi connectivity index (χ1n) is 6.66. The van der Waals surface area contributed by atoms with Gasteiger partial charge in [-0.05, 0) is 22.9 Å². The summed E-state index contributed by atoms with van der Waals surface area (Å²) in [5.74, 6) is -0.0977. The van der Waals surface area contributed by atoms with Gasteiger partial charge in [0.05, 0.1) is 11.8 Å². The molecule has 0 saturated heterocycles. The van der Waals surface area contributed by atoms with Crippen LogP contribution in [0.25, 0.3) is 10.8 Å². The largest absolute Gasteiger partial charge is 0.398 e. The lowest BCUT2D eigenvalue weighted by Gasteiger charge is -2.18. The van der Waals surface area contributed by atoms with Gasteiger partial charge in [-0.25, -0.2) is 0 Å². The third-order valence-corrected chi connectivity index (χ3v) is 3.47. The maximum Gasteiger partial charge on any atom is 0.256 e. The highest BCUT2D eigenvalue weighted by molar-refractivity contribution is 6.03. The fourth-order valence-electron chi connectivity index (χ4n) is 2.36. The molecule has 1 aromatic heterocycles. The average molecular weight is 280 g/mol. The highest BCUT2D eigenvalue weighted by Gasteiger charge is 2.16. The molecule has 3 aromatic rings. The first-order chi connectivity index (χ1) is 10.1. The van der Waals surface area contributed by atoms with Gasteiger partial charge >= 0.3 is 0 Å². The Morgan fingerprint density at radius 2 is 2.00 bits per heavy atom. The molecule has 0 fully saturated rings. The Bertz CT molecular complexity index is 780. The number of amides is 1. The fourth-order valence-corrected chi connectivity index (χ4v) is 2.36. The zero-order valence-electron chi connectivity index (χ0n) is 11.7. The number of nitrogens with one attached hydrogen (secondary N) is 1. The molecule has 0 unspecified atom stereocenters. The molecule has 5 nitrogen and oxygen atoms in total. The lowest BCUT2D eigenvalue weighted by Crippen LogP contribution is -2.26. The van der Waals surface area contributed by atoms with Gasteiger partial charge in [0, 0.05) is 31.0 Å². The van der Waals surface area contributed by atoms with Crippen LogP contribution in [-0.2, 0) is 6.54 Å². The lowest BCUT2D eigenvalue weighted by atomic mass is 10.0. The van der Waals surface area contributed by atoms with Crippen molar-refractivity contribution in [3.63, 3.8) is 0 Å². The zero-order valence-corrected chi connectivity index (χ0v) is 11.7. The molecule has 0 spiro atoms. The minimum absolute atomic E-state index is 0.0977. The van der Waals surface area contributed by atoms with Crippen molar-refractivity contribution in [3.8, 4) is 0 Å². The van der Waals surface area contributed by atoms with E-state index in [0.29, 0.717) is 17.8 Å². The Morgan fingerprint density at radius 1 is 1.29 bits per heavy atom. The standard InChI is InChI=1S/C16H16N4O/c1-20(10-11-8-18-19-9-11)16(21)14-6-12-4-2-3-5-13(12)7-15(14)17/h2-9H,10,17H2,1H3,(H,18,19). The molecule has 2 aromatic carbocycles. The number of hydrogen-bond donors (Lipinski definition) is 2. The van der Waals surface area contributed by atoms with Crippen molar-refractivity contribution in [1.29, 1.82) is 0 Å². The lowest BCUT2D eigenvalue weighted by molar-refractivity contribution is 0.0786. The number of fused-ring (bicyclic) bond motifs is 1. The Labute approximate surface area is 122 Å². The molecule has 21 heavy (non-hydrogen) atoms. The summed E-state index contributed by atoms with van der Waals surface area (Å²) in [4.78, 5) is 14.2. The maximum atomic E-state index is 12.6. The van der Waals surface area contributed by atoms with Crippen LogP contribution in [0.1, 0.15) is 15.9 Å². The molecule has 0 saturated carbocycles. The summed E-state index contributed by atoms with van der Waals surface area (Å²) >= 11 is 0. The van der Waals surface area contributed by atoms with E-state index in [4.69, 9.17) is 5.73 Å². The van der Waals surface area contributed by atoms with Crippen LogP contribution >= 0.6 is 0 Å². The van der Waals surface area contributed by atoms with Crippen molar-refractivity contribution in [3.05, 3.63) is 59.9 Å². The molecule has 0 aliphatic rings. The Balaban J connectivity index is 1.91. The Kier molecular flexibility index (Phi) is 3.31. The highest BCUT2D eigenvalue weighted by Crippen LogP contribution is 2.23. The molecule has 3 N–H and O–H groups in total. The summed E-state index contributed by atoms with van der Waals surface area (Å²) in [5.41, 5.74) is 8.01. The summed E-state index contributed by atoms with van der Waals surface area (Å²) in [6.07, 6.45) is 3.47. The number of nitrogen functional groups attached to an aromatic ring is 1. The van der Waals surface area contributed by atoms with Crippen LogP contribution in [0.3, 0.4) is 0 Å². The van der Waals surface area contributed by atoms with Gasteiger partial charge in [-0.1, -0.05) is 24.3 Å². The molecule has 0 aliphatic heterocycles. The van der Waals surface area contributed by atoms with Crippen LogP contribution in [-0.4, -0.2) is 28.1 Å². The number of benzene rings is 2. The summed E-state index contributed by atoms with van der Waals surface area (Å²) < 4.78 is 0. The third kappa shape index (κ3) is 2.58. The summed E-state index contributed by atoms with van der Waals surface area (Å²) in [5, 5.41) is 8.65. The zero-order chi connectivity index (χ0) is 14.8. The van der Waals surface area contributed by atoms with Crippen molar-refractivity contribution in [1.82, 2.24) is 15.1 Å². The smallest absolute Gasteiger partial charge is 0.256 e. The second-order valence-corrected chi connectivity index (χ2v) is 5.05. The normalized spacial score (nSPS) is 10.7. The monoisotopic (exact) mass is 280 g/mol. The Morgan fingerprint density at radius 3 is 2.67 bits per heavy atom. The van der Waals surface area contributed by atoms with Crippen molar-refractivity contribution in [2.45, 2.75) is 6.54 Å². The van der Waals surface area contributed by atoms with Crippen LogP contribution in [0.5, 0.6) is 0 Å². The maximum absolute atomic E-state index is 12.6. The molecule has 106 valence electrons. The molecule has 0 atom stereocenters. The van der Waals surface area contributed by atoms with Gasteiger partial charge in [0.15, 0.2) is 0 Å². The van der Waals surface area contributed by atoms with Crippen molar-refractivity contribution in [2.24, 2.45) is 0 Å². The molecular weight excluding hydrogens is 264 g/mol. The number of nitrogens with zero attached hydrogens (tertiary/aromatic N) is 2. The molecule has 0 bridgehead atoms. The number of H-pyrrole nitrogens is 1. The van der Waals surface area contributed by atoms with Crippen LogP contribution < -0.4 is 5.73 Å². The van der Waals surface area contributed by atoms with Crippen LogP contribution in [0, 0.1) is 0 Å². The topological polar surface area (TPSA) is 75.0 Å². The van der Waals surface area contributed by atoms with Crippen molar-refractivity contribution < 1.29 is 4.79 Å². The first kappa shape index (κ1) is 13.2. The molecule has 0 aliphatic carbocycles. The van der Waals surface area contributed by atoms with E-state index in [1.165, 1.54) is 0 Å². The summed E-state index contributed by atoms with van der Waals surface area (Å²) in [6.45, 7) is 0.488. The quantitative estimate of drug-likeness (QED) is 0.723. The number of aromatic amines is 1. The van der Waals surface area contributed by atoms with Gasteiger partial charge in [0.25, 0.3) is 5.91 Å². The highest BCUT2D eigenvalue weighted by atomic mass is 16.2. The van der Waals surface area contributed by atoms with Crippen LogP contribution in [0.15, 0.2) is 48.8 Å². The minimum atomic E-state index is -0.0977. The molecule has 1 amide bonds. The summed E-state index contributed by atoms with van der Waals surface area (Å²) in [6, 6.07) is 11.5. The molecule has 0 radical (unpaired) electrons. The van der Waals surface area contributed by atoms with Gasteiger partial charge in [-0.2, -0.15) is 5.10 Å². The first-order valence-corrected chi connectivity index (χ1v) is 6.66. The molecule has 5 heteroatoms. The number of aromatic nitrogens is 2. The van der Waals surface area contributed by atoms with E-state index in [1.54, 1.807) is 24.3 Å². The second kappa shape index (κ2) is 5.28. The van der Waals surface area contributed by atoms with E-state index in [2.05, 4.69) is 10.2 Å². The average Bonchev–Trinajstić information content (AvgIpc) is 2.98. The second-order valence-electron chi connectivity index (χ2n) is 5.05. The predicted molar refractivity (Wildman–Crippen MR) is 82.7 cm³/mol. The molecule has 3 rings (SSSR count). The van der Waals surface area contributed by atoms with Crippen molar-refractivity contribution in [2.75, 3.05) is 12.8 Å². The van der Waals surface area contributed by atoms with E-state index < -0.39 is 0 Å². The third-order valence-electron chi connectivity index (χ3n) is 3.47. The Hall–Kier alpha value is -2.82. The van der Waals surface area contributed by atoms with Gasteiger partial charge < -0.3 is 10.6 Å². The van der Waals surface area contributed by atoms with Crippen molar-refractivity contribution >= 4 is 22.4 Å². The number of carbonyl (C=O) groups is 1. The molecule has 1 heterocycles. The summed E-state index contributed by atoms with van der Waals surface area (Å²) in [7, 11) is 1.75. The minimum Gasteiger partial charge on any atom is -0.398 e. The van der Waals surface area contributed by atoms with E-state index in [0.717, 1.165) is 16.3 Å². The van der Waals surface area contributed by atoms with E-state index >= 15 is 0 Å². The number of carbonyl (C=O) groups excluding carboxylic acids is 1. The number of anilines is 1. The van der Waals surface area contributed by atoms with E-state index in [9.17, 15) is 4.79 Å². The number of rotatable bonds is 3. The van der Waals surface area contributed by atoms with E-state index in [-0.39, 0.29) is 5.91 Å². The van der Waals surface area contributed by atoms with Gasteiger partial charge in [0.2, 0.25) is 0 Å².